The van der Waals surface area contributed by atoms with Crippen molar-refractivity contribution in [2.24, 2.45) is 5.41 Å². The summed E-state index contributed by atoms with van der Waals surface area (Å²) in [7, 11) is 0. The summed E-state index contributed by atoms with van der Waals surface area (Å²) in [6, 6.07) is 2.13. The fourth-order valence-electron chi connectivity index (χ4n) is 1.78. The summed E-state index contributed by atoms with van der Waals surface area (Å²) in [5.74, 6) is 0. The van der Waals surface area contributed by atoms with Crippen LogP contribution in [0.3, 0.4) is 0 Å². The zero-order valence-corrected chi connectivity index (χ0v) is 8.06. The van der Waals surface area contributed by atoms with Gasteiger partial charge in [-0.3, -0.25) is 0 Å². The van der Waals surface area contributed by atoms with Crippen molar-refractivity contribution in [1.29, 1.82) is 5.26 Å². The molecule has 0 aromatic carbocycles. The molecule has 0 radical (unpaired) electrons. The molecule has 0 unspecified atom stereocenters. The highest BCUT2D eigenvalue weighted by molar-refractivity contribution is 5.14. The van der Waals surface area contributed by atoms with E-state index in [0.29, 0.717) is 5.41 Å². The van der Waals surface area contributed by atoms with Gasteiger partial charge in [0, 0.05) is 6.08 Å². The molecular weight excluding hydrogens is 146 g/mol. The fourth-order valence-corrected chi connectivity index (χ4v) is 1.78. The molecule has 0 N–H and O–H groups in total. The largest absolute Gasteiger partial charge is 0.193 e. The van der Waals surface area contributed by atoms with E-state index in [1.807, 2.05) is 0 Å². The Morgan fingerprint density at radius 1 is 1.33 bits per heavy atom. The second-order valence-electron chi connectivity index (χ2n) is 4.45. The highest BCUT2D eigenvalue weighted by atomic mass is 14.3. The van der Waals surface area contributed by atoms with Crippen molar-refractivity contribution in [3.05, 3.63) is 11.6 Å². The average Bonchev–Trinajstić information content (AvgIpc) is 2.14. The lowest BCUT2D eigenvalue weighted by atomic mass is 9.85. The van der Waals surface area contributed by atoms with Crippen LogP contribution in [0.2, 0.25) is 0 Å². The van der Waals surface area contributed by atoms with Gasteiger partial charge in [-0.1, -0.05) is 19.4 Å². The second-order valence-corrected chi connectivity index (χ2v) is 4.45. The standard InChI is InChI=1S/C11H17N/c1-11(2)7-3-4-10(5-8-11)6-9-12/h6H,3-5,7-8H2,1-2H3. The molecule has 1 saturated carbocycles. The maximum Gasteiger partial charge on any atom is 0.0911 e. The highest BCUT2D eigenvalue weighted by Gasteiger charge is 2.20. The van der Waals surface area contributed by atoms with E-state index in [1.54, 1.807) is 6.08 Å². The molecule has 1 fully saturated rings. The monoisotopic (exact) mass is 163 g/mol. The van der Waals surface area contributed by atoms with Crippen LogP contribution in [0.1, 0.15) is 46.0 Å². The third-order valence-electron chi connectivity index (χ3n) is 2.74. The molecular formula is C11H17N. The fraction of sp³-hybridized carbons (Fsp3) is 0.727. The van der Waals surface area contributed by atoms with E-state index < -0.39 is 0 Å². The van der Waals surface area contributed by atoms with E-state index in [4.69, 9.17) is 5.26 Å². The van der Waals surface area contributed by atoms with Crippen molar-refractivity contribution >= 4 is 0 Å². The quantitative estimate of drug-likeness (QED) is 0.396. The maximum absolute atomic E-state index is 8.51. The van der Waals surface area contributed by atoms with Crippen molar-refractivity contribution in [2.75, 3.05) is 0 Å². The minimum absolute atomic E-state index is 0.491. The maximum atomic E-state index is 8.51. The molecule has 0 spiro atoms. The first-order valence-corrected chi connectivity index (χ1v) is 4.72. The summed E-state index contributed by atoms with van der Waals surface area (Å²) < 4.78 is 0. The second kappa shape index (κ2) is 3.76. The first-order valence-electron chi connectivity index (χ1n) is 4.72. The predicted molar refractivity (Wildman–Crippen MR) is 50.6 cm³/mol. The van der Waals surface area contributed by atoms with Gasteiger partial charge >= 0.3 is 0 Å². The molecule has 0 aliphatic heterocycles. The Balaban J connectivity index is 2.58. The molecule has 66 valence electrons. The zero-order chi connectivity index (χ0) is 9.03. The molecule has 12 heavy (non-hydrogen) atoms. The minimum Gasteiger partial charge on any atom is -0.193 e. The molecule has 0 saturated heterocycles. The van der Waals surface area contributed by atoms with Crippen LogP contribution in [-0.4, -0.2) is 0 Å². The molecule has 0 aromatic heterocycles. The molecule has 1 nitrogen and oxygen atoms in total. The van der Waals surface area contributed by atoms with Gasteiger partial charge in [-0.2, -0.15) is 5.26 Å². The third kappa shape index (κ3) is 2.70. The van der Waals surface area contributed by atoms with Crippen LogP contribution in [0, 0.1) is 16.7 Å². The van der Waals surface area contributed by atoms with E-state index in [1.165, 1.54) is 24.8 Å². The molecule has 1 aliphatic rings. The summed E-state index contributed by atoms with van der Waals surface area (Å²) >= 11 is 0. The molecule has 1 aliphatic carbocycles. The van der Waals surface area contributed by atoms with Crippen molar-refractivity contribution in [3.8, 4) is 6.07 Å². The molecule has 0 amide bonds. The molecule has 0 aromatic rings. The van der Waals surface area contributed by atoms with Crippen LogP contribution in [0.4, 0.5) is 0 Å². The smallest absolute Gasteiger partial charge is 0.0911 e. The lowest BCUT2D eigenvalue weighted by Crippen LogP contribution is -2.08. The van der Waals surface area contributed by atoms with Crippen LogP contribution in [0.25, 0.3) is 0 Å². The minimum atomic E-state index is 0.491. The number of hydrogen-bond donors (Lipinski definition) is 0. The number of nitriles is 1. The Morgan fingerprint density at radius 3 is 2.75 bits per heavy atom. The average molecular weight is 163 g/mol. The van der Waals surface area contributed by atoms with E-state index in [9.17, 15) is 0 Å². The first kappa shape index (κ1) is 9.32. The summed E-state index contributed by atoms with van der Waals surface area (Å²) in [4.78, 5) is 0. The van der Waals surface area contributed by atoms with Gasteiger partial charge in [0.1, 0.15) is 0 Å². The van der Waals surface area contributed by atoms with Crippen LogP contribution < -0.4 is 0 Å². The number of allylic oxidation sites excluding steroid dienone is 2. The SMILES string of the molecule is CC1(C)CCCC(=CC#N)CC1. The Labute approximate surface area is 75.1 Å². The van der Waals surface area contributed by atoms with E-state index >= 15 is 0 Å². The van der Waals surface area contributed by atoms with E-state index in [-0.39, 0.29) is 0 Å². The molecule has 1 rings (SSSR count). The highest BCUT2D eigenvalue weighted by Crippen LogP contribution is 2.35. The van der Waals surface area contributed by atoms with Gasteiger partial charge in [0.15, 0.2) is 0 Å². The lowest BCUT2D eigenvalue weighted by Gasteiger charge is -2.20. The van der Waals surface area contributed by atoms with Crippen LogP contribution >= 0.6 is 0 Å². The summed E-state index contributed by atoms with van der Waals surface area (Å²) in [6.07, 6.45) is 7.79. The lowest BCUT2D eigenvalue weighted by molar-refractivity contribution is 0.316. The van der Waals surface area contributed by atoms with E-state index in [0.717, 1.165) is 12.8 Å². The Kier molecular flexibility index (Phi) is 2.92. The van der Waals surface area contributed by atoms with Crippen molar-refractivity contribution in [1.82, 2.24) is 0 Å². The van der Waals surface area contributed by atoms with Crippen LogP contribution in [0.5, 0.6) is 0 Å². The van der Waals surface area contributed by atoms with Crippen molar-refractivity contribution < 1.29 is 0 Å². The Bertz CT molecular complexity index is 218. The Morgan fingerprint density at radius 2 is 2.08 bits per heavy atom. The summed E-state index contributed by atoms with van der Waals surface area (Å²) in [5, 5.41) is 8.51. The van der Waals surface area contributed by atoms with Crippen LogP contribution in [-0.2, 0) is 0 Å². The van der Waals surface area contributed by atoms with Gasteiger partial charge in [-0.15, -0.1) is 0 Å². The molecule has 0 bridgehead atoms. The number of rotatable bonds is 0. The summed E-state index contributed by atoms with van der Waals surface area (Å²) in [6.45, 7) is 4.64. The number of hydrogen-bond acceptors (Lipinski definition) is 1. The van der Waals surface area contributed by atoms with E-state index in [2.05, 4.69) is 19.9 Å². The first-order chi connectivity index (χ1) is 5.64. The summed E-state index contributed by atoms with van der Waals surface area (Å²) in [5.41, 5.74) is 1.84. The zero-order valence-electron chi connectivity index (χ0n) is 8.06. The number of nitrogens with zero attached hydrogens (tertiary/aromatic N) is 1. The Hall–Kier alpha value is -0.770. The molecule has 0 atom stereocenters. The third-order valence-corrected chi connectivity index (χ3v) is 2.74. The van der Waals surface area contributed by atoms with Gasteiger partial charge in [0.2, 0.25) is 0 Å². The van der Waals surface area contributed by atoms with Crippen molar-refractivity contribution in [3.63, 3.8) is 0 Å². The van der Waals surface area contributed by atoms with Crippen molar-refractivity contribution in [2.45, 2.75) is 46.0 Å². The van der Waals surface area contributed by atoms with Gasteiger partial charge < -0.3 is 0 Å². The van der Waals surface area contributed by atoms with Crippen LogP contribution in [0.15, 0.2) is 11.6 Å². The van der Waals surface area contributed by atoms with Gasteiger partial charge in [-0.05, 0) is 37.5 Å². The molecule has 1 heteroatoms. The van der Waals surface area contributed by atoms with Gasteiger partial charge in [0.05, 0.1) is 6.07 Å². The topological polar surface area (TPSA) is 23.8 Å². The van der Waals surface area contributed by atoms with Gasteiger partial charge in [-0.25, -0.2) is 0 Å². The molecule has 0 heterocycles. The predicted octanol–water partition coefficient (Wildman–Crippen LogP) is 3.43. The normalized spacial score (nSPS) is 26.2. The van der Waals surface area contributed by atoms with Gasteiger partial charge in [0.25, 0.3) is 0 Å².